The monoisotopic (exact) mass is 362 g/mol. The van der Waals surface area contributed by atoms with Crippen molar-refractivity contribution in [3.05, 3.63) is 27.3 Å². The van der Waals surface area contributed by atoms with Crippen LogP contribution >= 0.6 is 22.6 Å². The van der Waals surface area contributed by atoms with Crippen molar-refractivity contribution in [3.8, 4) is 5.75 Å². The largest absolute Gasteiger partial charge is 0.507 e. The molecule has 0 aliphatic rings. The highest BCUT2D eigenvalue weighted by atomic mass is 127. The van der Waals surface area contributed by atoms with Crippen LogP contribution in [0, 0.1) is 3.57 Å². The fraction of sp³-hybridized carbons (Fsp3) is 0.333. The summed E-state index contributed by atoms with van der Waals surface area (Å²) in [5, 5.41) is 13.1. The third-order valence-corrected chi connectivity index (χ3v) is 2.60. The summed E-state index contributed by atoms with van der Waals surface area (Å²) >= 11 is 2.01. The minimum Gasteiger partial charge on any atom is -0.507 e. The molecule has 0 bridgehead atoms. The molecule has 0 fully saturated rings. The maximum atomic E-state index is 11.3. The molecule has 6 heteroatoms. The number of halogens is 1. The minimum atomic E-state index is -0.604. The molecule has 2 N–H and O–H groups in total. The first-order valence-electron chi connectivity index (χ1n) is 5.28. The molecule has 0 aliphatic heterocycles. The van der Waals surface area contributed by atoms with E-state index in [0.29, 0.717) is 3.57 Å². The number of amides is 1. The second-order valence-electron chi connectivity index (χ2n) is 4.58. The highest BCUT2D eigenvalue weighted by Gasteiger charge is 2.15. The molecule has 0 saturated carbocycles. The zero-order valence-electron chi connectivity index (χ0n) is 10.4. The first-order valence-corrected chi connectivity index (χ1v) is 6.36. The molecule has 0 aromatic heterocycles. The van der Waals surface area contributed by atoms with Gasteiger partial charge in [-0.05, 0) is 67.1 Å². The lowest BCUT2D eigenvalue weighted by Gasteiger charge is -2.18. The molecule has 0 spiro atoms. The van der Waals surface area contributed by atoms with Crippen molar-refractivity contribution in [1.29, 1.82) is 0 Å². The van der Waals surface area contributed by atoms with Crippen LogP contribution in [0.25, 0.3) is 0 Å². The second kappa shape index (κ2) is 6.03. The number of carbonyl (C=O) groups is 1. The number of nitrogens with one attached hydrogen (secondary N) is 1. The third-order valence-electron chi connectivity index (χ3n) is 1.74. The fourth-order valence-corrected chi connectivity index (χ4v) is 1.60. The van der Waals surface area contributed by atoms with Gasteiger partial charge < -0.3 is 9.84 Å². The zero-order valence-corrected chi connectivity index (χ0v) is 12.6. The molecule has 1 aromatic rings. The van der Waals surface area contributed by atoms with Gasteiger partial charge in [0.25, 0.3) is 0 Å². The first kappa shape index (κ1) is 14.7. The number of phenolic OH excluding ortho intramolecular Hbond substituents is 1. The Bertz CT molecular complexity index is 467. The predicted molar refractivity (Wildman–Crippen MR) is 77.8 cm³/mol. The van der Waals surface area contributed by atoms with E-state index in [2.05, 4.69) is 10.5 Å². The predicted octanol–water partition coefficient (Wildman–Crippen LogP) is 2.86. The molecule has 1 amide bonds. The van der Waals surface area contributed by atoms with Crippen LogP contribution in [0.2, 0.25) is 0 Å². The van der Waals surface area contributed by atoms with E-state index in [1.807, 2.05) is 22.6 Å². The molecule has 5 nitrogen and oxygen atoms in total. The van der Waals surface area contributed by atoms with E-state index in [1.54, 1.807) is 39.0 Å². The Morgan fingerprint density at radius 1 is 1.50 bits per heavy atom. The number of benzene rings is 1. The van der Waals surface area contributed by atoms with Crippen LogP contribution in [0.1, 0.15) is 26.3 Å². The van der Waals surface area contributed by atoms with E-state index in [4.69, 9.17) is 4.74 Å². The van der Waals surface area contributed by atoms with Gasteiger partial charge in [-0.25, -0.2) is 10.2 Å². The van der Waals surface area contributed by atoms with Gasteiger partial charge >= 0.3 is 6.09 Å². The first-order chi connectivity index (χ1) is 8.28. The molecule has 1 aromatic carbocycles. The molecule has 18 heavy (non-hydrogen) atoms. The molecule has 1 rings (SSSR count). The van der Waals surface area contributed by atoms with Crippen molar-refractivity contribution in [2.45, 2.75) is 26.4 Å². The van der Waals surface area contributed by atoms with Gasteiger partial charge in [0.15, 0.2) is 0 Å². The highest BCUT2D eigenvalue weighted by molar-refractivity contribution is 14.1. The lowest BCUT2D eigenvalue weighted by molar-refractivity contribution is 0.0529. The standard InChI is InChI=1S/C12H15IN2O3/c1-12(2,3)18-11(17)15-14-7-8-4-5-10(16)9(13)6-8/h4-7,16H,1-3H3,(H,15,17)/b14-7-. The third kappa shape index (κ3) is 5.35. The smallest absolute Gasteiger partial charge is 0.428 e. The Morgan fingerprint density at radius 2 is 2.17 bits per heavy atom. The molecule has 0 heterocycles. The van der Waals surface area contributed by atoms with Gasteiger partial charge in [0.1, 0.15) is 11.4 Å². The van der Waals surface area contributed by atoms with Crippen molar-refractivity contribution < 1.29 is 14.6 Å². The number of rotatable bonds is 2. The molecule has 0 radical (unpaired) electrons. The van der Waals surface area contributed by atoms with Gasteiger partial charge in [0.05, 0.1) is 9.78 Å². The summed E-state index contributed by atoms with van der Waals surface area (Å²) in [6.45, 7) is 5.33. The second-order valence-corrected chi connectivity index (χ2v) is 5.74. The van der Waals surface area contributed by atoms with Gasteiger partial charge in [0, 0.05) is 0 Å². The van der Waals surface area contributed by atoms with Gasteiger partial charge in [-0.1, -0.05) is 0 Å². The number of hydrogen-bond donors (Lipinski definition) is 2. The fourth-order valence-electron chi connectivity index (χ4n) is 1.06. The summed E-state index contributed by atoms with van der Waals surface area (Å²) in [5.41, 5.74) is 2.49. The molecule has 0 atom stereocenters. The zero-order chi connectivity index (χ0) is 13.8. The van der Waals surface area contributed by atoms with Crippen molar-refractivity contribution in [2.24, 2.45) is 5.10 Å². The highest BCUT2D eigenvalue weighted by Crippen LogP contribution is 2.19. The van der Waals surface area contributed by atoms with E-state index in [1.165, 1.54) is 6.21 Å². The van der Waals surface area contributed by atoms with Crippen LogP contribution in [0.3, 0.4) is 0 Å². The van der Waals surface area contributed by atoms with Crippen molar-refractivity contribution in [2.75, 3.05) is 0 Å². The number of carbonyl (C=O) groups excluding carboxylic acids is 1. The van der Waals surface area contributed by atoms with Crippen molar-refractivity contribution >= 4 is 34.9 Å². The number of aromatic hydroxyl groups is 1. The summed E-state index contributed by atoms with van der Waals surface area (Å²) in [7, 11) is 0. The van der Waals surface area contributed by atoms with Gasteiger partial charge in [-0.3, -0.25) is 0 Å². The van der Waals surface area contributed by atoms with Crippen LogP contribution in [0.5, 0.6) is 5.75 Å². The summed E-state index contributed by atoms with van der Waals surface area (Å²) in [5.74, 6) is 0.216. The minimum absolute atomic E-state index is 0.216. The Balaban J connectivity index is 2.55. The van der Waals surface area contributed by atoms with Gasteiger partial charge in [0.2, 0.25) is 0 Å². The van der Waals surface area contributed by atoms with Crippen LogP contribution in [-0.2, 0) is 4.74 Å². The van der Waals surface area contributed by atoms with E-state index < -0.39 is 11.7 Å². The van der Waals surface area contributed by atoms with Crippen LogP contribution in [-0.4, -0.2) is 23.0 Å². The normalized spacial score (nSPS) is 11.6. The van der Waals surface area contributed by atoms with Gasteiger partial charge in [-0.15, -0.1) is 0 Å². The summed E-state index contributed by atoms with van der Waals surface area (Å²) in [6.07, 6.45) is 0.873. The van der Waals surface area contributed by atoms with E-state index in [9.17, 15) is 9.90 Å². The molecule has 0 aliphatic carbocycles. The van der Waals surface area contributed by atoms with Crippen molar-refractivity contribution in [3.63, 3.8) is 0 Å². The SMILES string of the molecule is CC(C)(C)OC(=O)N/N=C\c1ccc(O)c(I)c1. The number of ether oxygens (including phenoxy) is 1. The Kier molecular flexibility index (Phi) is 4.94. The molecule has 0 saturated heterocycles. The lowest BCUT2D eigenvalue weighted by atomic mass is 10.2. The molecular formula is C12H15IN2O3. The van der Waals surface area contributed by atoms with Crippen LogP contribution < -0.4 is 5.43 Å². The maximum Gasteiger partial charge on any atom is 0.428 e. The lowest BCUT2D eigenvalue weighted by Crippen LogP contribution is -2.29. The quantitative estimate of drug-likeness (QED) is 0.483. The topological polar surface area (TPSA) is 70.9 Å². The average molecular weight is 362 g/mol. The van der Waals surface area contributed by atoms with Crippen LogP contribution in [0.15, 0.2) is 23.3 Å². The summed E-state index contributed by atoms with van der Waals surface area (Å²) in [6, 6.07) is 5.00. The Morgan fingerprint density at radius 3 is 2.72 bits per heavy atom. The van der Waals surface area contributed by atoms with Crippen molar-refractivity contribution in [1.82, 2.24) is 5.43 Å². The molecule has 0 unspecified atom stereocenters. The molecular weight excluding hydrogens is 347 g/mol. The van der Waals surface area contributed by atoms with E-state index in [-0.39, 0.29) is 5.75 Å². The number of nitrogens with zero attached hydrogens (tertiary/aromatic N) is 1. The van der Waals surface area contributed by atoms with Gasteiger partial charge in [-0.2, -0.15) is 5.10 Å². The number of phenols is 1. The summed E-state index contributed by atoms with van der Waals surface area (Å²) < 4.78 is 5.73. The Hall–Kier alpha value is -1.31. The number of hydrogen-bond acceptors (Lipinski definition) is 4. The van der Waals surface area contributed by atoms with Crippen LogP contribution in [0.4, 0.5) is 4.79 Å². The summed E-state index contributed by atoms with van der Waals surface area (Å²) in [4.78, 5) is 11.3. The Labute approximate surface area is 119 Å². The number of hydrazone groups is 1. The maximum absolute atomic E-state index is 11.3. The van der Waals surface area contributed by atoms with E-state index >= 15 is 0 Å². The molecule has 98 valence electrons. The average Bonchev–Trinajstić information content (AvgIpc) is 2.20. The van der Waals surface area contributed by atoms with E-state index in [0.717, 1.165) is 5.56 Å².